The van der Waals surface area contributed by atoms with Crippen LogP contribution < -0.4 is 10.9 Å². The number of hydrogen-bond donors (Lipinski definition) is 1. The number of hydrogen-bond acceptors (Lipinski definition) is 2. The second-order valence-corrected chi connectivity index (χ2v) is 5.09. The lowest BCUT2D eigenvalue weighted by atomic mass is 9.89. The van der Waals surface area contributed by atoms with Gasteiger partial charge in [-0.15, -0.1) is 0 Å². The number of nitrogens with zero attached hydrogens (tertiary/aromatic N) is 1. The average molecular weight is 232 g/mol. The zero-order valence-corrected chi connectivity index (χ0v) is 9.95. The van der Waals surface area contributed by atoms with Crippen LogP contribution in [0.3, 0.4) is 0 Å². The fraction of sp³-hybridized carbons (Fsp3) is 0.538. The van der Waals surface area contributed by atoms with E-state index in [1.54, 1.807) is 23.6 Å². The highest BCUT2D eigenvalue weighted by Crippen LogP contribution is 2.35. The molecule has 1 saturated carbocycles. The standard InChI is InChI=1S/C13H16N2O2/c1-9-5-6-10-11(16)14-13(15(10)12(9)17)7-3-2-4-8-13/h5-6H,2-4,7-8H2,1H3,(H,14,16). The van der Waals surface area contributed by atoms with E-state index in [4.69, 9.17) is 0 Å². The monoisotopic (exact) mass is 232 g/mol. The molecule has 1 N–H and O–H groups in total. The summed E-state index contributed by atoms with van der Waals surface area (Å²) < 4.78 is 1.70. The largest absolute Gasteiger partial charge is 0.327 e. The molecule has 1 aromatic heterocycles. The molecule has 3 rings (SSSR count). The number of aromatic nitrogens is 1. The number of carbonyl (C=O) groups is 1. The van der Waals surface area contributed by atoms with Gasteiger partial charge in [0.2, 0.25) is 0 Å². The lowest BCUT2D eigenvalue weighted by Crippen LogP contribution is -2.48. The highest BCUT2D eigenvalue weighted by atomic mass is 16.2. The lowest BCUT2D eigenvalue weighted by molar-refractivity contribution is 0.0876. The first-order valence-corrected chi connectivity index (χ1v) is 6.20. The molecule has 1 aliphatic heterocycles. The summed E-state index contributed by atoms with van der Waals surface area (Å²) in [6.07, 6.45) is 5.07. The van der Waals surface area contributed by atoms with Crippen LogP contribution in [0.25, 0.3) is 0 Å². The zero-order chi connectivity index (χ0) is 12.0. The van der Waals surface area contributed by atoms with Crippen molar-refractivity contribution in [1.82, 2.24) is 9.88 Å². The van der Waals surface area contributed by atoms with Crippen LogP contribution in [-0.2, 0) is 5.66 Å². The molecule has 0 aromatic carbocycles. The SMILES string of the molecule is Cc1ccc2n(c1=O)C1(CCCCC1)NC2=O. The smallest absolute Gasteiger partial charge is 0.269 e. The van der Waals surface area contributed by atoms with Gasteiger partial charge in [-0.1, -0.05) is 12.5 Å². The van der Waals surface area contributed by atoms with Crippen molar-refractivity contribution in [2.75, 3.05) is 0 Å². The quantitative estimate of drug-likeness (QED) is 0.737. The van der Waals surface area contributed by atoms with Crippen molar-refractivity contribution in [3.63, 3.8) is 0 Å². The molecule has 1 aromatic rings. The van der Waals surface area contributed by atoms with E-state index in [-0.39, 0.29) is 11.5 Å². The van der Waals surface area contributed by atoms with Gasteiger partial charge in [0.05, 0.1) is 0 Å². The molecule has 0 atom stereocenters. The van der Waals surface area contributed by atoms with E-state index >= 15 is 0 Å². The highest BCUT2D eigenvalue weighted by molar-refractivity contribution is 5.95. The third-order valence-electron chi connectivity index (χ3n) is 3.96. The first kappa shape index (κ1) is 10.6. The summed E-state index contributed by atoms with van der Waals surface area (Å²) in [6.45, 7) is 1.80. The summed E-state index contributed by atoms with van der Waals surface area (Å²) in [5.74, 6) is -0.107. The van der Waals surface area contributed by atoms with Crippen LogP contribution in [-0.4, -0.2) is 10.5 Å². The number of pyridine rings is 1. The second-order valence-electron chi connectivity index (χ2n) is 5.09. The van der Waals surface area contributed by atoms with Crippen molar-refractivity contribution >= 4 is 5.91 Å². The normalized spacial score (nSPS) is 21.4. The number of aryl methyl sites for hydroxylation is 1. The molecule has 0 unspecified atom stereocenters. The molecule has 90 valence electrons. The van der Waals surface area contributed by atoms with E-state index in [0.717, 1.165) is 25.7 Å². The predicted octanol–water partition coefficient (Wildman–Crippen LogP) is 1.52. The highest BCUT2D eigenvalue weighted by Gasteiger charge is 2.43. The van der Waals surface area contributed by atoms with Gasteiger partial charge in [0.1, 0.15) is 11.4 Å². The van der Waals surface area contributed by atoms with Crippen LogP contribution in [0.4, 0.5) is 0 Å². The minimum Gasteiger partial charge on any atom is -0.327 e. The Morgan fingerprint density at radius 1 is 1.18 bits per heavy atom. The molecular formula is C13H16N2O2. The molecule has 17 heavy (non-hydrogen) atoms. The van der Waals surface area contributed by atoms with E-state index in [1.807, 2.05) is 0 Å². The zero-order valence-electron chi connectivity index (χ0n) is 9.95. The van der Waals surface area contributed by atoms with Crippen molar-refractivity contribution in [2.24, 2.45) is 0 Å². The van der Waals surface area contributed by atoms with E-state index in [0.29, 0.717) is 11.3 Å². The first-order chi connectivity index (χ1) is 8.14. The van der Waals surface area contributed by atoms with Gasteiger partial charge in [0.15, 0.2) is 0 Å². The maximum Gasteiger partial charge on any atom is 0.269 e. The Kier molecular flexibility index (Phi) is 2.15. The Labute approximate surface area is 99.6 Å². The molecule has 1 amide bonds. The minimum atomic E-state index is -0.437. The van der Waals surface area contributed by atoms with Crippen molar-refractivity contribution in [1.29, 1.82) is 0 Å². The van der Waals surface area contributed by atoms with Gasteiger partial charge in [-0.3, -0.25) is 14.2 Å². The molecule has 0 bridgehead atoms. The molecule has 4 nitrogen and oxygen atoms in total. The Bertz CT molecular complexity index is 539. The molecule has 1 aliphatic carbocycles. The Balaban J connectivity index is 2.23. The fourth-order valence-electron chi connectivity index (χ4n) is 3.05. The molecule has 2 heterocycles. The maximum absolute atomic E-state index is 12.3. The van der Waals surface area contributed by atoms with Crippen LogP contribution >= 0.6 is 0 Å². The van der Waals surface area contributed by atoms with Crippen LogP contribution in [0.2, 0.25) is 0 Å². The molecular weight excluding hydrogens is 216 g/mol. The molecule has 4 heteroatoms. The van der Waals surface area contributed by atoms with Gasteiger partial charge < -0.3 is 5.32 Å². The molecule has 2 aliphatic rings. The van der Waals surface area contributed by atoms with Crippen LogP contribution in [0, 0.1) is 6.92 Å². The van der Waals surface area contributed by atoms with E-state index in [1.165, 1.54) is 6.42 Å². The topological polar surface area (TPSA) is 51.1 Å². The summed E-state index contributed by atoms with van der Waals surface area (Å²) in [7, 11) is 0. The summed E-state index contributed by atoms with van der Waals surface area (Å²) in [4.78, 5) is 24.2. The Hall–Kier alpha value is -1.58. The van der Waals surface area contributed by atoms with Crippen LogP contribution in [0.1, 0.15) is 48.2 Å². The van der Waals surface area contributed by atoms with E-state index in [9.17, 15) is 9.59 Å². The van der Waals surface area contributed by atoms with Crippen LogP contribution in [0.15, 0.2) is 16.9 Å². The minimum absolute atomic E-state index is 0.0252. The van der Waals surface area contributed by atoms with Gasteiger partial charge in [0.25, 0.3) is 11.5 Å². The summed E-state index contributed by atoms with van der Waals surface area (Å²) in [5.41, 5.74) is 0.758. The van der Waals surface area contributed by atoms with Crippen molar-refractivity contribution in [2.45, 2.75) is 44.7 Å². The first-order valence-electron chi connectivity index (χ1n) is 6.20. The number of carbonyl (C=O) groups excluding carboxylic acids is 1. The summed E-state index contributed by atoms with van der Waals surface area (Å²) in [5, 5.41) is 3.03. The van der Waals surface area contributed by atoms with Gasteiger partial charge in [-0.2, -0.15) is 0 Å². The third kappa shape index (κ3) is 1.36. The fourth-order valence-corrected chi connectivity index (χ4v) is 3.05. The Morgan fingerprint density at radius 2 is 1.88 bits per heavy atom. The van der Waals surface area contributed by atoms with Gasteiger partial charge in [-0.05, 0) is 38.7 Å². The van der Waals surface area contributed by atoms with Crippen molar-refractivity contribution in [3.8, 4) is 0 Å². The maximum atomic E-state index is 12.3. The van der Waals surface area contributed by atoms with E-state index in [2.05, 4.69) is 5.32 Å². The number of nitrogens with one attached hydrogen (secondary N) is 1. The average Bonchev–Trinajstić information content (AvgIpc) is 2.58. The van der Waals surface area contributed by atoms with E-state index < -0.39 is 5.66 Å². The summed E-state index contributed by atoms with van der Waals surface area (Å²) >= 11 is 0. The number of rotatable bonds is 0. The number of amides is 1. The molecule has 0 radical (unpaired) electrons. The molecule has 1 fully saturated rings. The van der Waals surface area contributed by atoms with Gasteiger partial charge >= 0.3 is 0 Å². The van der Waals surface area contributed by atoms with Crippen LogP contribution in [0.5, 0.6) is 0 Å². The predicted molar refractivity (Wildman–Crippen MR) is 64.0 cm³/mol. The van der Waals surface area contributed by atoms with Crippen molar-refractivity contribution < 1.29 is 4.79 Å². The molecule has 0 saturated heterocycles. The third-order valence-corrected chi connectivity index (χ3v) is 3.96. The summed E-state index contributed by atoms with van der Waals surface area (Å²) in [6, 6.07) is 3.49. The number of fused-ring (bicyclic) bond motifs is 2. The van der Waals surface area contributed by atoms with Gasteiger partial charge in [-0.25, -0.2) is 0 Å². The Morgan fingerprint density at radius 3 is 2.59 bits per heavy atom. The lowest BCUT2D eigenvalue weighted by Gasteiger charge is -2.35. The van der Waals surface area contributed by atoms with Gasteiger partial charge in [0, 0.05) is 5.56 Å². The molecule has 1 spiro atoms. The van der Waals surface area contributed by atoms with Crippen molar-refractivity contribution in [3.05, 3.63) is 33.7 Å². The second kappa shape index (κ2) is 3.45.